The van der Waals surface area contributed by atoms with E-state index in [4.69, 9.17) is 5.73 Å². The first-order chi connectivity index (χ1) is 15.3. The largest absolute Gasteiger partial charge is 0.506 e. The van der Waals surface area contributed by atoms with Gasteiger partial charge in [0.1, 0.15) is 22.9 Å². The number of halogens is 2. The van der Waals surface area contributed by atoms with E-state index in [1.54, 1.807) is 12.1 Å². The fraction of sp³-hybridized carbons (Fsp3) is 0.364. The fourth-order valence-electron chi connectivity index (χ4n) is 3.39. The monoisotopic (exact) mass is 464 g/mol. The van der Waals surface area contributed by atoms with Gasteiger partial charge in [-0.15, -0.1) is 0 Å². The zero-order valence-electron chi connectivity index (χ0n) is 17.4. The number of fused-ring (bicyclic) bond motifs is 1. The maximum absolute atomic E-state index is 13.6. The number of hydrogen-bond donors (Lipinski definition) is 5. The van der Waals surface area contributed by atoms with E-state index in [9.17, 15) is 23.5 Å². The molecule has 0 bridgehead atoms. The lowest BCUT2D eigenvalue weighted by Gasteiger charge is -2.12. The predicted molar refractivity (Wildman–Crippen MR) is 121 cm³/mol. The van der Waals surface area contributed by atoms with Crippen molar-refractivity contribution in [3.63, 3.8) is 0 Å². The smallest absolute Gasteiger partial charge is 0.305 e. The molecule has 32 heavy (non-hydrogen) atoms. The van der Waals surface area contributed by atoms with Crippen LogP contribution in [0.15, 0.2) is 35.1 Å². The normalized spacial score (nSPS) is 12.2. The highest BCUT2D eigenvalue weighted by atomic mass is 32.1. The first-order valence-corrected chi connectivity index (χ1v) is 11.2. The van der Waals surface area contributed by atoms with Crippen molar-refractivity contribution in [2.75, 3.05) is 19.6 Å². The molecule has 0 fully saturated rings. The summed E-state index contributed by atoms with van der Waals surface area (Å²) in [5, 5.41) is 15.8. The van der Waals surface area contributed by atoms with E-state index in [-0.39, 0.29) is 23.0 Å². The number of phenolic OH excluding ortho intramolecular Hbond substituents is 1. The number of phenols is 1. The second-order valence-corrected chi connectivity index (χ2v) is 8.53. The van der Waals surface area contributed by atoms with E-state index in [2.05, 4.69) is 15.6 Å². The lowest BCUT2D eigenvalue weighted by atomic mass is 10.0. The van der Waals surface area contributed by atoms with E-state index in [1.165, 1.54) is 12.1 Å². The standard InChI is InChI=1S/C22H26F2N4O3S/c23-15-4-1-13(17(24)11-15)2-5-16(25)12-19(30)27-10-9-26-8-7-14-3-6-18(29)20-21(14)32-22(31)28-20/h1,3-4,6,11,16,26,29H,2,5,7-10,12,25H2,(H,27,30)(H,28,31). The number of amides is 1. The molecule has 1 atom stereocenters. The summed E-state index contributed by atoms with van der Waals surface area (Å²) < 4.78 is 27.3. The van der Waals surface area contributed by atoms with Crippen LogP contribution in [-0.2, 0) is 17.6 Å². The number of carbonyl (C=O) groups is 1. The topological polar surface area (TPSA) is 120 Å². The van der Waals surface area contributed by atoms with E-state index >= 15 is 0 Å². The molecule has 1 unspecified atom stereocenters. The van der Waals surface area contributed by atoms with Crippen molar-refractivity contribution < 1.29 is 18.7 Å². The molecule has 0 saturated heterocycles. The van der Waals surface area contributed by atoms with E-state index < -0.39 is 17.7 Å². The van der Waals surface area contributed by atoms with Crippen molar-refractivity contribution in [3.8, 4) is 5.75 Å². The number of aromatic hydroxyl groups is 1. The van der Waals surface area contributed by atoms with Crippen LogP contribution in [0.3, 0.4) is 0 Å². The number of nitrogens with two attached hydrogens (primary N) is 1. The molecule has 3 rings (SSSR count). The summed E-state index contributed by atoms with van der Waals surface area (Å²) in [4.78, 5) is 26.0. The summed E-state index contributed by atoms with van der Waals surface area (Å²) in [6.07, 6.45) is 1.55. The van der Waals surface area contributed by atoms with Crippen molar-refractivity contribution in [2.45, 2.75) is 31.7 Å². The van der Waals surface area contributed by atoms with Crippen molar-refractivity contribution in [1.29, 1.82) is 0 Å². The highest BCUT2D eigenvalue weighted by Crippen LogP contribution is 2.27. The van der Waals surface area contributed by atoms with Crippen LogP contribution in [0.25, 0.3) is 10.2 Å². The van der Waals surface area contributed by atoms with Gasteiger partial charge in [-0.3, -0.25) is 9.59 Å². The Bertz CT molecular complexity index is 1130. The number of carbonyl (C=O) groups excluding carboxylic acids is 1. The molecule has 0 radical (unpaired) electrons. The molecule has 2 aromatic carbocycles. The molecule has 10 heteroatoms. The van der Waals surface area contributed by atoms with Gasteiger partial charge in [-0.25, -0.2) is 8.78 Å². The molecule has 7 nitrogen and oxygen atoms in total. The third-order valence-electron chi connectivity index (χ3n) is 5.08. The van der Waals surface area contributed by atoms with Crippen LogP contribution in [0.4, 0.5) is 8.78 Å². The number of hydrogen-bond acceptors (Lipinski definition) is 6. The number of H-pyrrole nitrogens is 1. The molecule has 0 saturated carbocycles. The van der Waals surface area contributed by atoms with Gasteiger partial charge >= 0.3 is 4.87 Å². The summed E-state index contributed by atoms with van der Waals surface area (Å²) in [5.74, 6) is -1.36. The summed E-state index contributed by atoms with van der Waals surface area (Å²) in [5.41, 5.74) is 7.76. The lowest BCUT2D eigenvalue weighted by molar-refractivity contribution is -0.121. The predicted octanol–water partition coefficient (Wildman–Crippen LogP) is 2.17. The number of aromatic amines is 1. The van der Waals surface area contributed by atoms with Crippen LogP contribution < -0.4 is 21.2 Å². The SMILES string of the molecule is NC(CCc1ccc(F)cc1F)CC(=O)NCCNCCc1ccc(O)c2[nH]c(=O)sc12. The lowest BCUT2D eigenvalue weighted by Crippen LogP contribution is -2.36. The van der Waals surface area contributed by atoms with Gasteiger partial charge in [0.05, 0.1) is 4.70 Å². The Labute approximate surface area is 187 Å². The molecule has 1 amide bonds. The Balaban J connectivity index is 1.31. The van der Waals surface area contributed by atoms with Gasteiger partial charge in [0.25, 0.3) is 0 Å². The first-order valence-electron chi connectivity index (χ1n) is 10.3. The fourth-order valence-corrected chi connectivity index (χ4v) is 4.28. The molecule has 1 aromatic heterocycles. The number of aryl methyl sites for hydroxylation is 1. The third-order valence-corrected chi connectivity index (χ3v) is 6.04. The van der Waals surface area contributed by atoms with E-state index in [0.29, 0.717) is 50.0 Å². The Kier molecular flexibility index (Phi) is 8.32. The van der Waals surface area contributed by atoms with E-state index in [0.717, 1.165) is 27.7 Å². The molecular weight excluding hydrogens is 438 g/mol. The van der Waals surface area contributed by atoms with Crippen LogP contribution in [0.5, 0.6) is 5.75 Å². The number of thiazole rings is 1. The molecule has 3 aromatic rings. The second kappa shape index (κ2) is 11.2. The van der Waals surface area contributed by atoms with Crippen LogP contribution in [0.1, 0.15) is 24.0 Å². The Morgan fingerprint density at radius 1 is 1.12 bits per heavy atom. The van der Waals surface area contributed by atoms with E-state index in [1.807, 2.05) is 0 Å². The third kappa shape index (κ3) is 6.59. The van der Waals surface area contributed by atoms with Gasteiger partial charge in [-0.1, -0.05) is 23.5 Å². The molecule has 0 spiro atoms. The molecule has 0 aliphatic carbocycles. The highest BCUT2D eigenvalue weighted by molar-refractivity contribution is 7.16. The molecular formula is C22H26F2N4O3S. The number of benzene rings is 2. The minimum absolute atomic E-state index is 0.0544. The van der Waals surface area contributed by atoms with Crippen molar-refractivity contribution in [3.05, 3.63) is 62.8 Å². The summed E-state index contributed by atoms with van der Waals surface area (Å²) in [6, 6.07) is 6.37. The molecule has 6 N–H and O–H groups in total. The first kappa shape index (κ1) is 23.8. The Morgan fingerprint density at radius 3 is 2.69 bits per heavy atom. The zero-order chi connectivity index (χ0) is 23.1. The maximum atomic E-state index is 13.6. The van der Waals surface area contributed by atoms with Crippen LogP contribution in [0.2, 0.25) is 0 Å². The minimum atomic E-state index is -0.624. The van der Waals surface area contributed by atoms with Crippen molar-refractivity contribution in [1.82, 2.24) is 15.6 Å². The molecule has 1 heterocycles. The maximum Gasteiger partial charge on any atom is 0.305 e. The highest BCUT2D eigenvalue weighted by Gasteiger charge is 2.12. The van der Waals surface area contributed by atoms with Crippen LogP contribution in [-0.4, -0.2) is 41.7 Å². The summed E-state index contributed by atoms with van der Waals surface area (Å²) in [7, 11) is 0. The van der Waals surface area contributed by atoms with Gasteiger partial charge in [0.15, 0.2) is 0 Å². The van der Waals surface area contributed by atoms with Crippen molar-refractivity contribution in [2.24, 2.45) is 5.73 Å². The molecule has 172 valence electrons. The van der Waals surface area contributed by atoms with Gasteiger partial charge < -0.3 is 26.5 Å². The average Bonchev–Trinajstić information content (AvgIpc) is 3.14. The summed E-state index contributed by atoms with van der Waals surface area (Å²) >= 11 is 1.07. The number of nitrogens with one attached hydrogen (secondary N) is 3. The van der Waals surface area contributed by atoms with Crippen molar-refractivity contribution >= 4 is 27.5 Å². The quantitative estimate of drug-likeness (QED) is 0.279. The number of aromatic nitrogens is 1. The summed E-state index contributed by atoms with van der Waals surface area (Å²) in [6.45, 7) is 1.64. The Hall–Kier alpha value is -2.82. The van der Waals surface area contributed by atoms with Crippen LogP contribution in [0, 0.1) is 11.6 Å². The van der Waals surface area contributed by atoms with Gasteiger partial charge in [-0.05, 0) is 49.1 Å². The minimum Gasteiger partial charge on any atom is -0.506 e. The van der Waals surface area contributed by atoms with Crippen LogP contribution >= 0.6 is 11.3 Å². The van der Waals surface area contributed by atoms with Gasteiger partial charge in [0, 0.05) is 31.6 Å². The molecule has 0 aliphatic rings. The average molecular weight is 465 g/mol. The van der Waals surface area contributed by atoms with Gasteiger partial charge in [0.2, 0.25) is 5.91 Å². The zero-order valence-corrected chi connectivity index (χ0v) is 18.2. The van der Waals surface area contributed by atoms with Gasteiger partial charge in [-0.2, -0.15) is 0 Å². The number of rotatable bonds is 11. The second-order valence-electron chi connectivity index (χ2n) is 7.55. The molecule has 0 aliphatic heterocycles. The Morgan fingerprint density at radius 2 is 1.91 bits per heavy atom.